The maximum absolute atomic E-state index is 11.5. The highest BCUT2D eigenvalue weighted by Gasteiger charge is 2.29. The normalized spacial score (nSPS) is 14.4. The summed E-state index contributed by atoms with van der Waals surface area (Å²) in [5.74, 6) is -2.11. The van der Waals surface area contributed by atoms with E-state index in [-0.39, 0.29) is 11.8 Å². The first-order valence-corrected chi connectivity index (χ1v) is 14.9. The molecular formula is C35H50N4O4. The summed E-state index contributed by atoms with van der Waals surface area (Å²) in [6.45, 7) is 20.9. The fourth-order valence-corrected chi connectivity index (χ4v) is 6.71. The van der Waals surface area contributed by atoms with Crippen LogP contribution < -0.4 is 11.1 Å². The molecule has 5 N–H and O–H groups in total. The van der Waals surface area contributed by atoms with Crippen molar-refractivity contribution in [3.8, 4) is 0 Å². The molecule has 2 heterocycles. The molecule has 0 aliphatic rings. The largest absolute Gasteiger partial charge is 0.480 e. The third-order valence-electron chi connectivity index (χ3n) is 10.1. The standard InChI is InChI=1S/C18H26N2O2.C17H24N2O2/c1-9-10(2)12(4)17-15(11(9)3)14(8-20(17)7)13(5)16(19-6)18(21)22;1-8-9(2)11(4)16-14(10(8)3)13(7-19(16)6)12(5)15(18)17(20)21/h8,13,16,19H,1-7H3,(H,21,22);7,12,15H,18H2,1-6H3,(H,20,21). The molecule has 0 amide bonds. The van der Waals surface area contributed by atoms with Gasteiger partial charge in [-0.1, -0.05) is 13.8 Å². The molecule has 43 heavy (non-hydrogen) atoms. The first-order valence-electron chi connectivity index (χ1n) is 14.9. The molecule has 8 heteroatoms. The van der Waals surface area contributed by atoms with Crippen LogP contribution in [0.15, 0.2) is 12.4 Å². The second-order valence-electron chi connectivity index (χ2n) is 12.4. The lowest BCUT2D eigenvalue weighted by atomic mass is 9.88. The van der Waals surface area contributed by atoms with Gasteiger partial charge < -0.3 is 30.4 Å². The minimum absolute atomic E-state index is 0.105. The molecule has 0 saturated carbocycles. The summed E-state index contributed by atoms with van der Waals surface area (Å²) >= 11 is 0. The summed E-state index contributed by atoms with van der Waals surface area (Å²) in [5, 5.41) is 23.9. The summed E-state index contributed by atoms with van der Waals surface area (Å²) in [7, 11) is 5.74. The third kappa shape index (κ3) is 5.70. The molecule has 0 saturated heterocycles. The highest BCUT2D eigenvalue weighted by Crippen LogP contribution is 2.38. The Morgan fingerprint density at radius 1 is 0.651 bits per heavy atom. The molecule has 0 aliphatic carbocycles. The first kappa shape index (κ1) is 33.9. The van der Waals surface area contributed by atoms with Gasteiger partial charge in [0.15, 0.2) is 0 Å². The summed E-state index contributed by atoms with van der Waals surface area (Å²) in [6, 6.07) is -1.48. The summed E-state index contributed by atoms with van der Waals surface area (Å²) in [6.07, 6.45) is 4.11. The Kier molecular flexibility index (Phi) is 9.88. The molecule has 2 aromatic carbocycles. The van der Waals surface area contributed by atoms with E-state index in [1.807, 2.05) is 34.1 Å². The Balaban J connectivity index is 0.000000236. The number of hydrogen-bond donors (Lipinski definition) is 4. The third-order valence-corrected chi connectivity index (χ3v) is 10.1. The van der Waals surface area contributed by atoms with Crippen molar-refractivity contribution in [1.82, 2.24) is 14.5 Å². The topological polar surface area (TPSA) is 123 Å². The van der Waals surface area contributed by atoms with E-state index < -0.39 is 24.0 Å². The minimum Gasteiger partial charge on any atom is -0.480 e. The van der Waals surface area contributed by atoms with Gasteiger partial charge in [-0.05, 0) is 118 Å². The number of likely N-dealkylation sites (N-methyl/N-ethyl adjacent to an activating group) is 1. The number of fused-ring (bicyclic) bond motifs is 2. The summed E-state index contributed by atoms with van der Waals surface area (Å²) in [5.41, 5.74) is 20.5. The van der Waals surface area contributed by atoms with Crippen molar-refractivity contribution in [2.45, 2.75) is 93.2 Å². The number of aliphatic carboxylic acids is 2. The molecule has 0 bridgehead atoms. The van der Waals surface area contributed by atoms with Crippen molar-refractivity contribution in [2.24, 2.45) is 19.8 Å². The van der Waals surface area contributed by atoms with Gasteiger partial charge in [-0.25, -0.2) is 0 Å². The van der Waals surface area contributed by atoms with Crippen LogP contribution >= 0.6 is 0 Å². The molecule has 4 rings (SSSR count). The van der Waals surface area contributed by atoms with E-state index in [1.54, 1.807) is 7.05 Å². The van der Waals surface area contributed by atoms with Crippen LogP contribution in [0.2, 0.25) is 0 Å². The summed E-state index contributed by atoms with van der Waals surface area (Å²) < 4.78 is 4.22. The van der Waals surface area contributed by atoms with Gasteiger partial charge in [0.2, 0.25) is 0 Å². The molecule has 8 nitrogen and oxygen atoms in total. The van der Waals surface area contributed by atoms with Gasteiger partial charge >= 0.3 is 11.9 Å². The van der Waals surface area contributed by atoms with E-state index in [9.17, 15) is 19.8 Å². The molecule has 0 radical (unpaired) electrons. The number of carbonyl (C=O) groups is 2. The quantitative estimate of drug-likeness (QED) is 0.206. The maximum Gasteiger partial charge on any atom is 0.321 e. The van der Waals surface area contributed by atoms with Gasteiger partial charge in [-0.15, -0.1) is 0 Å². The van der Waals surface area contributed by atoms with Crippen LogP contribution in [0, 0.1) is 55.4 Å². The van der Waals surface area contributed by atoms with Gasteiger partial charge in [0.25, 0.3) is 0 Å². The zero-order chi connectivity index (χ0) is 32.8. The van der Waals surface area contributed by atoms with Crippen molar-refractivity contribution < 1.29 is 19.8 Å². The number of nitrogens with zero attached hydrogens (tertiary/aromatic N) is 2. The zero-order valence-corrected chi connectivity index (χ0v) is 28.1. The van der Waals surface area contributed by atoms with Gasteiger partial charge in [-0.3, -0.25) is 9.59 Å². The Hall–Kier alpha value is -3.62. The predicted octanol–water partition coefficient (Wildman–Crippen LogP) is 6.12. The highest BCUT2D eigenvalue weighted by atomic mass is 16.4. The monoisotopic (exact) mass is 590 g/mol. The Morgan fingerprint density at radius 3 is 1.33 bits per heavy atom. The average molecular weight is 591 g/mol. The van der Waals surface area contributed by atoms with Crippen molar-refractivity contribution in [1.29, 1.82) is 0 Å². The molecule has 4 aromatic rings. The van der Waals surface area contributed by atoms with Gasteiger partial charge in [0, 0.05) is 49.1 Å². The smallest absolute Gasteiger partial charge is 0.321 e. The Labute approximate surface area is 255 Å². The van der Waals surface area contributed by atoms with Crippen LogP contribution in [0.5, 0.6) is 0 Å². The molecule has 0 spiro atoms. The summed E-state index contributed by atoms with van der Waals surface area (Å²) in [4.78, 5) is 22.7. The molecule has 234 valence electrons. The number of benzene rings is 2. The molecule has 2 aromatic heterocycles. The number of aryl methyl sites for hydroxylation is 6. The number of hydrogen-bond acceptors (Lipinski definition) is 4. The lowest BCUT2D eigenvalue weighted by molar-refractivity contribution is -0.140. The van der Waals surface area contributed by atoms with Gasteiger partial charge in [0.05, 0.1) is 11.0 Å². The molecule has 4 atom stereocenters. The van der Waals surface area contributed by atoms with E-state index >= 15 is 0 Å². The van der Waals surface area contributed by atoms with Crippen LogP contribution in [0.4, 0.5) is 0 Å². The second kappa shape index (κ2) is 12.5. The van der Waals surface area contributed by atoms with Crippen LogP contribution in [-0.2, 0) is 23.7 Å². The number of nitrogens with one attached hydrogen (secondary N) is 1. The van der Waals surface area contributed by atoms with Crippen molar-refractivity contribution in [2.75, 3.05) is 7.05 Å². The highest BCUT2D eigenvalue weighted by molar-refractivity contribution is 5.94. The van der Waals surface area contributed by atoms with Gasteiger partial charge in [0.1, 0.15) is 12.1 Å². The maximum atomic E-state index is 11.5. The minimum atomic E-state index is -0.960. The van der Waals surface area contributed by atoms with Crippen LogP contribution in [0.25, 0.3) is 21.8 Å². The fourth-order valence-electron chi connectivity index (χ4n) is 6.71. The van der Waals surface area contributed by atoms with E-state index in [0.717, 1.165) is 16.5 Å². The molecular weight excluding hydrogens is 540 g/mol. The predicted molar refractivity (Wildman–Crippen MR) is 177 cm³/mol. The van der Waals surface area contributed by atoms with Gasteiger partial charge in [-0.2, -0.15) is 0 Å². The van der Waals surface area contributed by atoms with Crippen LogP contribution in [-0.4, -0.2) is 50.4 Å². The zero-order valence-electron chi connectivity index (χ0n) is 28.1. The number of nitrogens with two attached hydrogens (primary N) is 1. The van der Waals surface area contributed by atoms with Crippen molar-refractivity contribution in [3.63, 3.8) is 0 Å². The van der Waals surface area contributed by atoms with E-state index in [2.05, 4.69) is 76.0 Å². The average Bonchev–Trinajstić information content (AvgIpc) is 3.49. The molecule has 0 aliphatic heterocycles. The molecule has 0 fully saturated rings. The van der Waals surface area contributed by atoms with Crippen molar-refractivity contribution >= 4 is 33.7 Å². The van der Waals surface area contributed by atoms with Crippen LogP contribution in [0.3, 0.4) is 0 Å². The van der Waals surface area contributed by atoms with Crippen molar-refractivity contribution in [3.05, 3.63) is 68.0 Å². The van der Waals surface area contributed by atoms with E-state index in [0.29, 0.717) is 0 Å². The Morgan fingerprint density at radius 2 is 1.00 bits per heavy atom. The lowest BCUT2D eigenvalue weighted by Crippen LogP contribution is -2.38. The first-order chi connectivity index (χ1) is 19.9. The van der Waals surface area contributed by atoms with E-state index in [1.165, 1.54) is 60.9 Å². The Bertz CT molecular complexity index is 1730. The molecule has 4 unspecified atom stereocenters. The number of aromatic nitrogens is 2. The lowest BCUT2D eigenvalue weighted by Gasteiger charge is -2.20. The number of rotatable bonds is 7. The number of carboxylic acids is 2. The van der Waals surface area contributed by atoms with E-state index in [4.69, 9.17) is 5.73 Å². The number of carboxylic acid groups (broad SMARTS) is 2. The second-order valence-corrected chi connectivity index (χ2v) is 12.4. The fraction of sp³-hybridized carbons (Fsp3) is 0.486. The van der Waals surface area contributed by atoms with Crippen LogP contribution in [0.1, 0.15) is 81.3 Å². The SMILES string of the molecule is CNC(C(=O)O)C(C)c1cn(C)c2c(C)c(C)c(C)c(C)c12.Cc1c(C)c(C)c2c(c(C(C)C(N)C(=O)O)cn2C)c1C.